The highest BCUT2D eigenvalue weighted by Crippen LogP contribution is 2.17. The molecule has 124 valence electrons. The number of benzene rings is 1. The van der Waals surface area contributed by atoms with Crippen LogP contribution in [0.1, 0.15) is 26.3 Å². The van der Waals surface area contributed by atoms with E-state index in [-0.39, 0.29) is 11.1 Å². The van der Waals surface area contributed by atoms with E-state index in [1.807, 2.05) is 0 Å². The average molecular weight is 324 g/mol. The molecule has 0 atom stereocenters. The summed E-state index contributed by atoms with van der Waals surface area (Å²) in [5, 5.41) is 17.1. The van der Waals surface area contributed by atoms with Gasteiger partial charge < -0.3 is 19.7 Å². The minimum Gasteiger partial charge on any atom is -0.388 e. The van der Waals surface area contributed by atoms with Crippen LogP contribution in [-0.4, -0.2) is 47.3 Å². The predicted molar refractivity (Wildman–Crippen MR) is 77.4 cm³/mol. The second kappa shape index (κ2) is 9.98. The zero-order valence-electron chi connectivity index (χ0n) is 12.4. The molecule has 2 N–H and O–H groups in total. The van der Waals surface area contributed by atoms with Gasteiger partial charge in [-0.25, -0.2) is 19.2 Å². The molecule has 0 unspecified atom stereocenters. The summed E-state index contributed by atoms with van der Waals surface area (Å²) in [7, 11) is 0. The number of rotatable bonds is 4. The third kappa shape index (κ3) is 5.81. The van der Waals surface area contributed by atoms with Crippen molar-refractivity contribution < 1.29 is 38.9 Å². The molecular weight excluding hydrogens is 308 g/mol. The summed E-state index contributed by atoms with van der Waals surface area (Å²) in [5.74, 6) is -4.70. The lowest BCUT2D eigenvalue weighted by Gasteiger charge is -2.09. The number of carbonyl (C=O) groups excluding carboxylic acids is 4. The van der Waals surface area contributed by atoms with Crippen LogP contribution in [0.3, 0.4) is 0 Å². The Morgan fingerprint density at radius 3 is 1.91 bits per heavy atom. The Morgan fingerprint density at radius 2 is 1.43 bits per heavy atom. The normalized spacial score (nSPS) is 9.17. The van der Waals surface area contributed by atoms with Crippen molar-refractivity contribution in [3.63, 3.8) is 0 Å². The molecule has 0 saturated heterocycles. The topological polar surface area (TPSA) is 127 Å². The molecule has 0 fully saturated rings. The van der Waals surface area contributed by atoms with Crippen LogP contribution in [0.4, 0.5) is 0 Å². The molecule has 1 rings (SSSR count). The molecule has 1 aromatic carbocycles. The zero-order chi connectivity index (χ0) is 18.0. The van der Waals surface area contributed by atoms with Crippen molar-refractivity contribution in [3.8, 4) is 0 Å². The largest absolute Gasteiger partial charge is 0.388 e. The first-order valence-electron chi connectivity index (χ1n) is 6.22. The number of hydrogen-bond acceptors (Lipinski definition) is 8. The first kappa shape index (κ1) is 20.2. The van der Waals surface area contributed by atoms with Crippen molar-refractivity contribution in [2.24, 2.45) is 0 Å². The van der Waals surface area contributed by atoms with Gasteiger partial charge in [0.15, 0.2) is 0 Å². The average Bonchev–Trinajstić information content (AvgIpc) is 2.55. The SMILES string of the molecule is C=C.Cc1cccc(C(=O)OC(=O)CO)c1C(=O)OC(=O)CO. The van der Waals surface area contributed by atoms with E-state index in [1.54, 1.807) is 0 Å². The van der Waals surface area contributed by atoms with E-state index < -0.39 is 37.1 Å². The fraction of sp³-hybridized carbons (Fsp3) is 0.200. The van der Waals surface area contributed by atoms with E-state index in [4.69, 9.17) is 10.2 Å². The number of carbonyl (C=O) groups is 4. The Kier molecular flexibility index (Phi) is 8.75. The monoisotopic (exact) mass is 324 g/mol. The predicted octanol–water partition coefficient (Wildman–Crippen LogP) is 0.149. The standard InChI is InChI=1S/C13H12O8.C2H4/c1-7-3-2-4-8(12(18)20-9(16)5-14)11(7)13(19)21-10(17)6-15;1-2/h2-4,14-15H,5-6H2,1H3;1-2H2. The van der Waals surface area contributed by atoms with Gasteiger partial charge in [0.25, 0.3) is 0 Å². The fourth-order valence-electron chi connectivity index (χ4n) is 1.49. The maximum atomic E-state index is 11.8. The Bertz CT molecular complexity index is 605. The molecule has 8 heteroatoms. The summed E-state index contributed by atoms with van der Waals surface area (Å²) in [6.07, 6.45) is 0. The highest BCUT2D eigenvalue weighted by atomic mass is 16.6. The van der Waals surface area contributed by atoms with E-state index in [2.05, 4.69) is 22.6 Å². The second-order valence-corrected chi connectivity index (χ2v) is 3.84. The Balaban J connectivity index is 0.00000232. The van der Waals surface area contributed by atoms with Crippen molar-refractivity contribution in [2.75, 3.05) is 13.2 Å². The smallest absolute Gasteiger partial charge is 0.346 e. The van der Waals surface area contributed by atoms with Crippen molar-refractivity contribution in [1.29, 1.82) is 0 Å². The lowest BCUT2D eigenvalue weighted by Crippen LogP contribution is -2.22. The van der Waals surface area contributed by atoms with E-state index in [0.29, 0.717) is 5.56 Å². The molecule has 0 spiro atoms. The molecule has 0 saturated carbocycles. The first-order chi connectivity index (χ1) is 10.9. The van der Waals surface area contributed by atoms with Crippen LogP contribution in [0, 0.1) is 6.92 Å². The number of aryl methyl sites for hydroxylation is 1. The van der Waals surface area contributed by atoms with Crippen molar-refractivity contribution in [2.45, 2.75) is 6.92 Å². The molecule has 0 amide bonds. The van der Waals surface area contributed by atoms with Crippen LogP contribution in [0.15, 0.2) is 31.4 Å². The second-order valence-electron chi connectivity index (χ2n) is 3.84. The number of esters is 4. The van der Waals surface area contributed by atoms with Crippen molar-refractivity contribution in [1.82, 2.24) is 0 Å². The molecule has 0 aliphatic carbocycles. The van der Waals surface area contributed by atoms with E-state index in [9.17, 15) is 19.2 Å². The number of aliphatic hydroxyl groups excluding tert-OH is 2. The summed E-state index contributed by atoms with van der Waals surface area (Å²) in [4.78, 5) is 45.4. The number of aliphatic hydroxyl groups is 2. The molecule has 0 aliphatic rings. The Morgan fingerprint density at radius 1 is 0.957 bits per heavy atom. The van der Waals surface area contributed by atoms with Gasteiger partial charge in [0.1, 0.15) is 13.2 Å². The third-order valence-electron chi connectivity index (χ3n) is 2.37. The molecule has 0 bridgehead atoms. The molecule has 0 aliphatic heterocycles. The van der Waals surface area contributed by atoms with Gasteiger partial charge in [-0.05, 0) is 18.6 Å². The Labute approximate surface area is 131 Å². The molecule has 23 heavy (non-hydrogen) atoms. The zero-order valence-corrected chi connectivity index (χ0v) is 12.4. The highest BCUT2D eigenvalue weighted by molar-refractivity contribution is 6.08. The van der Waals surface area contributed by atoms with Crippen LogP contribution in [-0.2, 0) is 19.1 Å². The van der Waals surface area contributed by atoms with Crippen LogP contribution >= 0.6 is 0 Å². The maximum Gasteiger partial charge on any atom is 0.346 e. The van der Waals surface area contributed by atoms with Crippen LogP contribution in [0.2, 0.25) is 0 Å². The van der Waals surface area contributed by atoms with Crippen LogP contribution in [0.5, 0.6) is 0 Å². The molecular formula is C15H16O8. The highest BCUT2D eigenvalue weighted by Gasteiger charge is 2.24. The molecule has 1 aromatic rings. The van der Waals surface area contributed by atoms with Crippen molar-refractivity contribution >= 4 is 23.9 Å². The quantitative estimate of drug-likeness (QED) is 0.455. The Hall–Kier alpha value is -2.84. The minimum absolute atomic E-state index is 0.268. The van der Waals surface area contributed by atoms with Gasteiger partial charge >= 0.3 is 23.9 Å². The van der Waals surface area contributed by atoms with Crippen LogP contribution < -0.4 is 0 Å². The molecule has 0 radical (unpaired) electrons. The summed E-state index contributed by atoms with van der Waals surface area (Å²) in [6.45, 7) is 5.48. The number of ether oxygens (including phenoxy) is 2. The summed E-state index contributed by atoms with van der Waals surface area (Å²) >= 11 is 0. The van der Waals surface area contributed by atoms with Gasteiger partial charge in [0.2, 0.25) is 0 Å². The minimum atomic E-state index is -1.19. The molecule has 0 aromatic heterocycles. The van der Waals surface area contributed by atoms with Gasteiger partial charge in [-0.15, -0.1) is 13.2 Å². The van der Waals surface area contributed by atoms with Gasteiger partial charge in [0, 0.05) is 0 Å². The van der Waals surface area contributed by atoms with Gasteiger partial charge in [-0.3, -0.25) is 0 Å². The van der Waals surface area contributed by atoms with Gasteiger partial charge in [-0.1, -0.05) is 12.1 Å². The lowest BCUT2D eigenvalue weighted by molar-refractivity contribution is -0.142. The third-order valence-corrected chi connectivity index (χ3v) is 2.37. The van der Waals surface area contributed by atoms with Gasteiger partial charge in [0.05, 0.1) is 11.1 Å². The fourth-order valence-corrected chi connectivity index (χ4v) is 1.49. The summed E-state index contributed by atoms with van der Waals surface area (Å²) < 4.78 is 8.61. The van der Waals surface area contributed by atoms with Crippen molar-refractivity contribution in [3.05, 3.63) is 48.0 Å². The molecule has 0 heterocycles. The van der Waals surface area contributed by atoms with E-state index in [0.717, 1.165) is 0 Å². The summed E-state index contributed by atoms with van der Waals surface area (Å²) in [5.41, 5.74) is -0.265. The first-order valence-corrected chi connectivity index (χ1v) is 6.22. The van der Waals surface area contributed by atoms with E-state index in [1.165, 1.54) is 25.1 Å². The molecule has 8 nitrogen and oxygen atoms in total. The van der Waals surface area contributed by atoms with Crippen LogP contribution in [0.25, 0.3) is 0 Å². The van der Waals surface area contributed by atoms with Gasteiger partial charge in [-0.2, -0.15) is 0 Å². The summed E-state index contributed by atoms with van der Waals surface area (Å²) in [6, 6.07) is 4.10. The van der Waals surface area contributed by atoms with E-state index >= 15 is 0 Å². The maximum absolute atomic E-state index is 11.8. The lowest BCUT2D eigenvalue weighted by atomic mass is 10.0. The number of hydrogen-bond donors (Lipinski definition) is 2.